The molecule has 2 amide bonds. The highest BCUT2D eigenvalue weighted by Gasteiger charge is 2.40. The van der Waals surface area contributed by atoms with Gasteiger partial charge in [-0.05, 0) is 37.6 Å². The van der Waals surface area contributed by atoms with E-state index in [1.54, 1.807) is 23.4 Å². The van der Waals surface area contributed by atoms with Gasteiger partial charge >= 0.3 is 6.03 Å². The Hall–Kier alpha value is -3.88. The number of amides is 2. The lowest BCUT2D eigenvalue weighted by molar-refractivity contribution is 0.164. The van der Waals surface area contributed by atoms with E-state index in [9.17, 15) is 4.79 Å². The highest BCUT2D eigenvalue weighted by atomic mass is 16.6. The SMILES string of the molecule is Cc1ncccc1-c1ccc2c(n1)N(C(=O)Nc1cnc3c(c1)OCCO3)[C@H]1CCN2C1. The number of hydrogen-bond acceptors (Lipinski definition) is 7. The number of anilines is 3. The van der Waals surface area contributed by atoms with E-state index < -0.39 is 0 Å². The highest BCUT2D eigenvalue weighted by molar-refractivity contribution is 6.04. The van der Waals surface area contributed by atoms with E-state index in [2.05, 4.69) is 26.3 Å². The van der Waals surface area contributed by atoms with Crippen molar-refractivity contribution in [2.45, 2.75) is 19.4 Å². The number of urea groups is 1. The van der Waals surface area contributed by atoms with Crippen LogP contribution in [0.5, 0.6) is 11.6 Å². The fraction of sp³-hybridized carbons (Fsp3) is 0.304. The molecule has 162 valence electrons. The summed E-state index contributed by atoms with van der Waals surface area (Å²) in [5.41, 5.74) is 4.19. The quantitative estimate of drug-likeness (QED) is 0.667. The third-order valence-electron chi connectivity index (χ3n) is 6.10. The van der Waals surface area contributed by atoms with Gasteiger partial charge in [0.1, 0.15) is 13.2 Å². The summed E-state index contributed by atoms with van der Waals surface area (Å²) >= 11 is 0. The number of rotatable bonds is 2. The van der Waals surface area contributed by atoms with Crippen LogP contribution >= 0.6 is 0 Å². The zero-order valence-electron chi connectivity index (χ0n) is 17.6. The molecule has 6 heterocycles. The van der Waals surface area contributed by atoms with Crippen LogP contribution in [-0.4, -0.2) is 53.3 Å². The van der Waals surface area contributed by atoms with E-state index in [1.165, 1.54) is 0 Å². The first-order valence-electron chi connectivity index (χ1n) is 10.7. The number of nitrogens with zero attached hydrogens (tertiary/aromatic N) is 5. The van der Waals surface area contributed by atoms with Crippen molar-refractivity contribution in [3.63, 3.8) is 0 Å². The molecular formula is C23H22N6O3. The molecule has 0 unspecified atom stereocenters. The molecule has 9 heteroatoms. The van der Waals surface area contributed by atoms with Gasteiger partial charge in [-0.1, -0.05) is 0 Å². The Labute approximate surface area is 185 Å². The third kappa shape index (κ3) is 3.08. The van der Waals surface area contributed by atoms with Crippen LogP contribution in [0.4, 0.5) is 22.0 Å². The second-order valence-electron chi connectivity index (χ2n) is 8.09. The van der Waals surface area contributed by atoms with Gasteiger partial charge in [-0.15, -0.1) is 0 Å². The Kier molecular flexibility index (Phi) is 4.34. The topological polar surface area (TPSA) is 92.7 Å². The monoisotopic (exact) mass is 430 g/mol. The van der Waals surface area contributed by atoms with E-state index in [0.717, 1.165) is 42.1 Å². The van der Waals surface area contributed by atoms with E-state index in [-0.39, 0.29) is 12.1 Å². The largest absolute Gasteiger partial charge is 0.484 e. The van der Waals surface area contributed by atoms with Gasteiger partial charge in [-0.2, -0.15) is 0 Å². The van der Waals surface area contributed by atoms with E-state index in [1.807, 2.05) is 25.1 Å². The van der Waals surface area contributed by atoms with Crippen molar-refractivity contribution in [3.8, 4) is 22.9 Å². The van der Waals surface area contributed by atoms with Crippen LogP contribution in [0.1, 0.15) is 12.1 Å². The number of ether oxygens (including phenoxy) is 2. The van der Waals surface area contributed by atoms with Gasteiger partial charge in [0.2, 0.25) is 0 Å². The van der Waals surface area contributed by atoms with E-state index in [0.29, 0.717) is 36.3 Å². The number of pyridine rings is 3. The first-order valence-corrected chi connectivity index (χ1v) is 10.7. The number of nitrogens with one attached hydrogen (secondary N) is 1. The smallest absolute Gasteiger partial charge is 0.327 e. The van der Waals surface area contributed by atoms with Crippen molar-refractivity contribution < 1.29 is 14.3 Å². The lowest BCUT2D eigenvalue weighted by Crippen LogP contribution is -2.48. The first kappa shape index (κ1) is 18.9. The van der Waals surface area contributed by atoms with Crippen molar-refractivity contribution in [1.82, 2.24) is 15.0 Å². The fourth-order valence-electron chi connectivity index (χ4n) is 4.56. The predicted molar refractivity (Wildman–Crippen MR) is 120 cm³/mol. The van der Waals surface area contributed by atoms with Crippen LogP contribution in [0.2, 0.25) is 0 Å². The van der Waals surface area contributed by atoms with Crippen molar-refractivity contribution in [3.05, 3.63) is 48.4 Å². The van der Waals surface area contributed by atoms with Gasteiger partial charge in [0.05, 0.1) is 29.3 Å². The Morgan fingerprint density at radius 3 is 3.00 bits per heavy atom. The molecule has 1 atom stereocenters. The predicted octanol–water partition coefficient (Wildman–Crippen LogP) is 3.25. The van der Waals surface area contributed by atoms with Crippen LogP contribution in [0.25, 0.3) is 11.3 Å². The number of carbonyl (C=O) groups excluding carboxylic acids is 1. The number of hydrogen-bond donors (Lipinski definition) is 1. The highest BCUT2D eigenvalue weighted by Crippen LogP contribution is 2.40. The minimum absolute atomic E-state index is 0.0606. The van der Waals surface area contributed by atoms with Gasteiger partial charge in [-0.25, -0.2) is 14.8 Å². The van der Waals surface area contributed by atoms with Crippen molar-refractivity contribution in [1.29, 1.82) is 0 Å². The van der Waals surface area contributed by atoms with Gasteiger partial charge in [0.15, 0.2) is 11.6 Å². The average molecular weight is 430 g/mol. The molecular weight excluding hydrogens is 408 g/mol. The summed E-state index contributed by atoms with van der Waals surface area (Å²) < 4.78 is 11.1. The standard InChI is InChI=1S/C23H22N6O3/c1-14-17(3-2-7-24-14)18-4-5-19-21(27-18)29(16-6-8-28(19)13-16)23(30)26-15-11-20-22(25-12-15)32-10-9-31-20/h2-5,7,11-12,16H,6,8-10,13H2,1H3,(H,26,30)/t16-/m0/s1. The molecule has 3 aromatic heterocycles. The third-order valence-corrected chi connectivity index (χ3v) is 6.10. The number of fused-ring (bicyclic) bond motifs is 5. The molecule has 3 aliphatic rings. The summed E-state index contributed by atoms with van der Waals surface area (Å²) in [5, 5.41) is 2.97. The maximum Gasteiger partial charge on any atom is 0.327 e. The van der Waals surface area contributed by atoms with E-state index in [4.69, 9.17) is 14.5 Å². The van der Waals surface area contributed by atoms with Crippen LogP contribution in [-0.2, 0) is 0 Å². The van der Waals surface area contributed by atoms with Crippen LogP contribution in [0, 0.1) is 6.92 Å². The van der Waals surface area contributed by atoms with Gasteiger partial charge < -0.3 is 19.7 Å². The number of carbonyl (C=O) groups is 1. The molecule has 0 aromatic carbocycles. The molecule has 3 aromatic rings. The Balaban J connectivity index is 1.35. The lowest BCUT2D eigenvalue weighted by atomic mass is 10.1. The lowest BCUT2D eigenvalue weighted by Gasteiger charge is -2.36. The summed E-state index contributed by atoms with van der Waals surface area (Å²) in [6.07, 6.45) is 4.24. The average Bonchev–Trinajstić information content (AvgIpc) is 3.23. The molecule has 3 aliphatic heterocycles. The van der Waals surface area contributed by atoms with Gasteiger partial charge in [-0.3, -0.25) is 9.88 Å². The fourth-order valence-corrected chi connectivity index (χ4v) is 4.56. The molecule has 0 aliphatic carbocycles. The maximum absolute atomic E-state index is 13.4. The molecule has 0 spiro atoms. The normalized spacial score (nSPS) is 18.3. The van der Waals surface area contributed by atoms with Crippen molar-refractivity contribution >= 4 is 23.2 Å². The maximum atomic E-state index is 13.4. The van der Waals surface area contributed by atoms with Crippen LogP contribution in [0.3, 0.4) is 0 Å². The zero-order valence-corrected chi connectivity index (χ0v) is 17.6. The Morgan fingerprint density at radius 2 is 2.09 bits per heavy atom. The second-order valence-corrected chi connectivity index (χ2v) is 8.09. The molecule has 0 saturated carbocycles. The molecule has 9 nitrogen and oxygen atoms in total. The summed E-state index contributed by atoms with van der Waals surface area (Å²) in [6, 6.07) is 9.53. The second kappa shape index (κ2) is 7.37. The number of aryl methyl sites for hydroxylation is 1. The summed E-state index contributed by atoms with van der Waals surface area (Å²) in [7, 11) is 0. The van der Waals surface area contributed by atoms with Crippen LogP contribution in [0.15, 0.2) is 42.7 Å². The molecule has 1 N–H and O–H groups in total. The van der Waals surface area contributed by atoms with Crippen molar-refractivity contribution in [2.24, 2.45) is 0 Å². The zero-order chi connectivity index (χ0) is 21.7. The van der Waals surface area contributed by atoms with Gasteiger partial charge in [0.25, 0.3) is 5.88 Å². The Morgan fingerprint density at radius 1 is 1.19 bits per heavy atom. The first-order chi connectivity index (χ1) is 15.7. The molecule has 0 radical (unpaired) electrons. The summed E-state index contributed by atoms with van der Waals surface area (Å²) in [6.45, 7) is 4.60. The number of aromatic nitrogens is 3. The summed E-state index contributed by atoms with van der Waals surface area (Å²) in [5.74, 6) is 1.65. The Bertz CT molecular complexity index is 1220. The van der Waals surface area contributed by atoms with Crippen molar-refractivity contribution in [2.75, 3.05) is 41.4 Å². The van der Waals surface area contributed by atoms with Gasteiger partial charge in [0, 0.05) is 36.6 Å². The molecule has 1 fully saturated rings. The summed E-state index contributed by atoms with van der Waals surface area (Å²) in [4.78, 5) is 31.1. The molecule has 1 saturated heterocycles. The molecule has 6 rings (SSSR count). The minimum atomic E-state index is -0.233. The van der Waals surface area contributed by atoms with E-state index >= 15 is 0 Å². The minimum Gasteiger partial charge on any atom is -0.484 e. The molecule has 2 bridgehead atoms. The molecule has 32 heavy (non-hydrogen) atoms. The van der Waals surface area contributed by atoms with Crippen LogP contribution < -0.4 is 24.6 Å².